The molecule has 3 aliphatic rings. The molecule has 1 fully saturated rings. The van der Waals surface area contributed by atoms with Crippen LogP contribution in [0.1, 0.15) is 13.9 Å². The Morgan fingerprint density at radius 1 is 1.21 bits per heavy atom. The van der Waals surface area contributed by atoms with Crippen molar-refractivity contribution in [3.63, 3.8) is 0 Å². The smallest absolute Gasteiger partial charge is 0.258 e. The molecule has 5 rings (SSSR count). The highest BCUT2D eigenvalue weighted by molar-refractivity contribution is 6.25. The number of rotatable bonds is 2. The molecule has 0 aromatic heterocycles. The minimum Gasteiger partial charge on any atom is -0.381 e. The number of carbonyl (C=O) groups is 1. The van der Waals surface area contributed by atoms with Gasteiger partial charge in [0.25, 0.3) is 5.91 Å². The Labute approximate surface area is 164 Å². The summed E-state index contributed by atoms with van der Waals surface area (Å²) in [5.74, 6) is -0.733. The number of carbonyl (C=O) groups excluding carboxylic acids is 1. The van der Waals surface area contributed by atoms with Crippen molar-refractivity contribution in [1.82, 2.24) is 0 Å². The average molecular weight is 382 g/mol. The van der Waals surface area contributed by atoms with Crippen LogP contribution in [0.4, 0.5) is 21.5 Å². The van der Waals surface area contributed by atoms with Crippen LogP contribution < -0.4 is 15.2 Å². The zero-order valence-corrected chi connectivity index (χ0v) is 15.6. The summed E-state index contributed by atoms with van der Waals surface area (Å²) in [7, 11) is 0. The van der Waals surface area contributed by atoms with Crippen LogP contribution in [0.25, 0.3) is 0 Å². The van der Waals surface area contributed by atoms with Crippen LogP contribution in [0.5, 0.6) is 0 Å². The number of halogens is 1. The van der Waals surface area contributed by atoms with Gasteiger partial charge >= 0.3 is 0 Å². The lowest BCUT2D eigenvalue weighted by atomic mass is 9.85. The lowest BCUT2D eigenvalue weighted by Gasteiger charge is -2.33. The molecule has 6 nitrogen and oxygen atoms in total. The number of ether oxygens (including phenoxy) is 1. The maximum Gasteiger partial charge on any atom is 0.258 e. The predicted molar refractivity (Wildman–Crippen MR) is 109 cm³/mol. The first kappa shape index (κ1) is 17.2. The zero-order chi connectivity index (χ0) is 19.3. The van der Waals surface area contributed by atoms with E-state index in [0.717, 1.165) is 11.3 Å². The molecule has 7 heteroatoms. The van der Waals surface area contributed by atoms with Gasteiger partial charge in [0.15, 0.2) is 0 Å². The SMILES string of the molecule is CC1Nc2cc(F)c(N3CCOCC3)cc2C2=NN(c3ccccc3)C(=O)C21.[HH]. The molecule has 0 spiro atoms. The molecular weight excluding hydrogens is 359 g/mol. The molecule has 2 atom stereocenters. The number of morpholine rings is 1. The van der Waals surface area contributed by atoms with Gasteiger partial charge in [-0.15, -0.1) is 0 Å². The van der Waals surface area contributed by atoms with Crippen LogP contribution >= 0.6 is 0 Å². The number of anilines is 3. The third kappa shape index (κ3) is 2.65. The number of amides is 1. The number of para-hydroxylation sites is 1. The molecular formula is C21H23FN4O2. The zero-order valence-electron chi connectivity index (χ0n) is 15.6. The van der Waals surface area contributed by atoms with Gasteiger partial charge in [-0.3, -0.25) is 4.79 Å². The van der Waals surface area contributed by atoms with Crippen LogP contribution in [-0.4, -0.2) is 44.0 Å². The summed E-state index contributed by atoms with van der Waals surface area (Å²) in [4.78, 5) is 15.1. The van der Waals surface area contributed by atoms with E-state index in [0.29, 0.717) is 43.4 Å². The van der Waals surface area contributed by atoms with Crippen LogP contribution in [0.3, 0.4) is 0 Å². The molecule has 2 aromatic rings. The van der Waals surface area contributed by atoms with E-state index in [-0.39, 0.29) is 19.2 Å². The number of nitrogens with one attached hydrogen (secondary N) is 1. The van der Waals surface area contributed by atoms with Gasteiger partial charge in [-0.05, 0) is 31.2 Å². The molecule has 146 valence electrons. The second-order valence-corrected chi connectivity index (χ2v) is 7.33. The molecule has 0 saturated carbocycles. The van der Waals surface area contributed by atoms with Crippen molar-refractivity contribution in [2.24, 2.45) is 11.0 Å². The van der Waals surface area contributed by atoms with E-state index >= 15 is 0 Å². The van der Waals surface area contributed by atoms with E-state index < -0.39 is 5.92 Å². The summed E-state index contributed by atoms with van der Waals surface area (Å²) in [6.45, 7) is 4.38. The lowest BCUT2D eigenvalue weighted by molar-refractivity contribution is -0.120. The first-order valence-corrected chi connectivity index (χ1v) is 9.54. The highest BCUT2D eigenvalue weighted by atomic mass is 19.1. The molecule has 1 N–H and O–H groups in total. The molecule has 2 aromatic carbocycles. The van der Waals surface area contributed by atoms with Crippen molar-refractivity contribution < 1.29 is 15.3 Å². The quantitative estimate of drug-likeness (QED) is 0.867. The second-order valence-electron chi connectivity index (χ2n) is 7.33. The number of benzene rings is 2. The van der Waals surface area contributed by atoms with Gasteiger partial charge < -0.3 is 15.0 Å². The van der Waals surface area contributed by atoms with Gasteiger partial charge in [0.1, 0.15) is 11.7 Å². The number of fused-ring (bicyclic) bond motifs is 3. The van der Waals surface area contributed by atoms with Gasteiger partial charge in [-0.2, -0.15) is 10.1 Å². The summed E-state index contributed by atoms with van der Waals surface area (Å²) in [5, 5.41) is 9.42. The second kappa shape index (κ2) is 6.60. The minimum absolute atomic E-state index is 0. The van der Waals surface area contributed by atoms with E-state index in [1.54, 1.807) is 0 Å². The summed E-state index contributed by atoms with van der Waals surface area (Å²) in [5.41, 5.74) is 3.44. The Hall–Kier alpha value is -2.93. The monoisotopic (exact) mass is 382 g/mol. The fourth-order valence-electron chi connectivity index (χ4n) is 4.16. The Kier molecular flexibility index (Phi) is 4.05. The van der Waals surface area contributed by atoms with Crippen molar-refractivity contribution >= 4 is 28.7 Å². The summed E-state index contributed by atoms with van der Waals surface area (Å²) >= 11 is 0. The van der Waals surface area contributed by atoms with Crippen molar-refractivity contribution in [3.8, 4) is 0 Å². The topological polar surface area (TPSA) is 57.2 Å². The predicted octanol–water partition coefficient (Wildman–Crippen LogP) is 3.09. The minimum atomic E-state index is -0.393. The fraction of sp³-hybridized carbons (Fsp3) is 0.333. The van der Waals surface area contributed by atoms with Crippen LogP contribution in [-0.2, 0) is 9.53 Å². The van der Waals surface area contributed by atoms with Gasteiger partial charge in [0.05, 0.1) is 30.3 Å². The lowest BCUT2D eigenvalue weighted by Crippen LogP contribution is -2.42. The van der Waals surface area contributed by atoms with Crippen LogP contribution in [0.2, 0.25) is 0 Å². The Morgan fingerprint density at radius 2 is 1.96 bits per heavy atom. The molecule has 0 bridgehead atoms. The molecule has 28 heavy (non-hydrogen) atoms. The standard InChI is InChI=1S/C21H21FN4O2.H2/c1-13-19-20(24-26(21(19)27)14-5-3-2-4-6-14)15-11-18(16(22)12-17(15)23-13)25-7-9-28-10-8-25;/h2-6,11-13,19,23H,7-10H2,1H3;1H. The van der Waals surface area contributed by atoms with Crippen molar-refractivity contribution in [3.05, 3.63) is 53.8 Å². The molecule has 1 amide bonds. The molecule has 0 aliphatic carbocycles. The summed E-state index contributed by atoms with van der Waals surface area (Å²) in [6.07, 6.45) is 0. The Morgan fingerprint density at radius 3 is 2.71 bits per heavy atom. The third-order valence-corrected chi connectivity index (χ3v) is 5.58. The first-order valence-electron chi connectivity index (χ1n) is 9.54. The largest absolute Gasteiger partial charge is 0.381 e. The third-order valence-electron chi connectivity index (χ3n) is 5.58. The highest BCUT2D eigenvalue weighted by Crippen LogP contribution is 2.38. The first-order chi connectivity index (χ1) is 13.6. The van der Waals surface area contributed by atoms with Crippen molar-refractivity contribution in [2.75, 3.05) is 41.5 Å². The normalized spacial score (nSPS) is 23.8. The molecule has 3 heterocycles. The van der Waals surface area contributed by atoms with E-state index in [1.165, 1.54) is 11.1 Å². The molecule has 0 radical (unpaired) electrons. The maximum atomic E-state index is 14.8. The average Bonchev–Trinajstić information content (AvgIpc) is 3.07. The van der Waals surface area contributed by atoms with E-state index in [2.05, 4.69) is 10.4 Å². The maximum absolute atomic E-state index is 14.8. The van der Waals surface area contributed by atoms with E-state index in [1.807, 2.05) is 48.2 Å². The Balaban J connectivity index is 0.00000205. The number of hydrogen-bond acceptors (Lipinski definition) is 5. The number of nitrogens with zero attached hydrogens (tertiary/aromatic N) is 3. The van der Waals surface area contributed by atoms with Gasteiger partial charge in [-0.1, -0.05) is 18.2 Å². The molecule has 3 aliphatic heterocycles. The molecule has 2 unspecified atom stereocenters. The van der Waals surface area contributed by atoms with Gasteiger partial charge in [-0.25, -0.2) is 4.39 Å². The Bertz CT molecular complexity index is 963. The van der Waals surface area contributed by atoms with Gasteiger partial charge in [0, 0.05) is 31.8 Å². The van der Waals surface area contributed by atoms with E-state index in [9.17, 15) is 9.18 Å². The van der Waals surface area contributed by atoms with Crippen LogP contribution in [0, 0.1) is 11.7 Å². The summed E-state index contributed by atoms with van der Waals surface area (Å²) < 4.78 is 20.2. The fourth-order valence-corrected chi connectivity index (χ4v) is 4.16. The van der Waals surface area contributed by atoms with Crippen LogP contribution in [0.15, 0.2) is 47.6 Å². The highest BCUT2D eigenvalue weighted by Gasteiger charge is 2.44. The summed E-state index contributed by atoms with van der Waals surface area (Å²) in [6, 6.07) is 12.6. The van der Waals surface area contributed by atoms with E-state index in [4.69, 9.17) is 4.74 Å². The van der Waals surface area contributed by atoms with Crippen molar-refractivity contribution in [1.29, 1.82) is 0 Å². The van der Waals surface area contributed by atoms with Crippen molar-refractivity contribution in [2.45, 2.75) is 13.0 Å². The number of hydrazone groups is 1. The van der Waals surface area contributed by atoms with Gasteiger partial charge in [0.2, 0.25) is 0 Å². The number of hydrogen-bond donors (Lipinski definition) is 1. The molecule has 1 saturated heterocycles.